The molecule has 0 radical (unpaired) electrons. The van der Waals surface area contributed by atoms with Gasteiger partial charge in [-0.25, -0.2) is 8.42 Å². The molecule has 1 unspecified atom stereocenters. The first-order chi connectivity index (χ1) is 13.9. The molecule has 1 fully saturated rings. The molecule has 1 aliphatic heterocycles. The predicted molar refractivity (Wildman–Crippen MR) is 113 cm³/mol. The summed E-state index contributed by atoms with van der Waals surface area (Å²) in [6.45, 7) is 1.57. The van der Waals surface area contributed by atoms with Gasteiger partial charge < -0.3 is 10.2 Å². The van der Waals surface area contributed by atoms with Crippen LogP contribution in [-0.4, -0.2) is 75.1 Å². The molecular formula is C20H25N3O4S2. The average molecular weight is 436 g/mol. The van der Waals surface area contributed by atoms with Crippen molar-refractivity contribution in [3.8, 4) is 0 Å². The van der Waals surface area contributed by atoms with Crippen molar-refractivity contribution < 1.29 is 18.0 Å². The fraction of sp³-hybridized carbons (Fsp3) is 0.400. The summed E-state index contributed by atoms with van der Waals surface area (Å²) in [7, 11) is -1.84. The van der Waals surface area contributed by atoms with Crippen LogP contribution >= 0.6 is 11.3 Å². The Bertz CT molecular complexity index is 930. The number of benzene rings is 1. The first-order valence-electron chi connectivity index (χ1n) is 9.44. The minimum Gasteiger partial charge on any atom is -0.357 e. The highest BCUT2D eigenvalue weighted by atomic mass is 32.2. The number of hydrogen-bond acceptors (Lipinski definition) is 6. The van der Waals surface area contributed by atoms with Crippen molar-refractivity contribution in [1.29, 1.82) is 0 Å². The average Bonchev–Trinajstić information content (AvgIpc) is 3.25. The highest BCUT2D eigenvalue weighted by Gasteiger charge is 2.35. The molecule has 2 amide bonds. The van der Waals surface area contributed by atoms with Gasteiger partial charge in [-0.3, -0.25) is 14.5 Å². The van der Waals surface area contributed by atoms with Crippen molar-refractivity contribution in [3.63, 3.8) is 0 Å². The van der Waals surface area contributed by atoms with E-state index in [9.17, 15) is 18.0 Å². The van der Waals surface area contributed by atoms with Crippen molar-refractivity contribution >= 4 is 33.0 Å². The van der Waals surface area contributed by atoms with Crippen LogP contribution < -0.4 is 5.32 Å². The highest BCUT2D eigenvalue weighted by molar-refractivity contribution is 7.91. The minimum absolute atomic E-state index is 0.0272. The molecule has 3 rings (SSSR count). The normalized spacial score (nSPS) is 17.8. The van der Waals surface area contributed by atoms with Crippen molar-refractivity contribution in [2.75, 3.05) is 39.0 Å². The van der Waals surface area contributed by atoms with Gasteiger partial charge >= 0.3 is 0 Å². The van der Waals surface area contributed by atoms with Crippen LogP contribution in [0, 0.1) is 0 Å². The standard InChI is InChI=1S/C20H25N3O4S2/c1-21-20(25)18-15-22(11-13-29(26,27)17-7-3-2-4-8-17)9-10-23(18)19(24)14-16-6-5-12-28-16/h2-8,12,18H,9-11,13-15H2,1H3,(H,21,25). The summed E-state index contributed by atoms with van der Waals surface area (Å²) >= 11 is 1.51. The maximum Gasteiger partial charge on any atom is 0.243 e. The molecule has 2 aromatic rings. The number of thiophene rings is 1. The Kier molecular flexibility index (Phi) is 7.05. The first-order valence-corrected chi connectivity index (χ1v) is 12.0. The molecular weight excluding hydrogens is 410 g/mol. The molecule has 9 heteroatoms. The van der Waals surface area contributed by atoms with Crippen LogP contribution in [0.2, 0.25) is 0 Å². The number of carbonyl (C=O) groups excluding carboxylic acids is 2. The van der Waals surface area contributed by atoms with E-state index in [0.717, 1.165) is 4.88 Å². The SMILES string of the molecule is CNC(=O)C1CN(CCS(=O)(=O)c2ccccc2)CCN1C(=O)Cc1cccs1. The number of nitrogens with one attached hydrogen (secondary N) is 1. The van der Waals surface area contributed by atoms with Crippen molar-refractivity contribution in [2.24, 2.45) is 0 Å². The van der Waals surface area contributed by atoms with Crippen LogP contribution in [0.25, 0.3) is 0 Å². The second-order valence-corrected chi connectivity index (χ2v) is 10.0. The van der Waals surface area contributed by atoms with E-state index in [1.807, 2.05) is 22.4 Å². The molecule has 1 aromatic carbocycles. The van der Waals surface area contributed by atoms with Gasteiger partial charge in [0.15, 0.2) is 9.84 Å². The lowest BCUT2D eigenvalue weighted by atomic mass is 10.1. The van der Waals surface area contributed by atoms with Crippen molar-refractivity contribution in [3.05, 3.63) is 52.7 Å². The topological polar surface area (TPSA) is 86.8 Å². The second-order valence-electron chi connectivity index (χ2n) is 6.91. The van der Waals surface area contributed by atoms with Crippen LogP contribution in [0.3, 0.4) is 0 Å². The summed E-state index contributed by atoms with van der Waals surface area (Å²) in [5, 5.41) is 4.54. The maximum atomic E-state index is 12.7. The fourth-order valence-electron chi connectivity index (χ4n) is 3.39. The van der Waals surface area contributed by atoms with E-state index in [4.69, 9.17) is 0 Å². The zero-order valence-corrected chi connectivity index (χ0v) is 17.9. The number of piperazine rings is 1. The van der Waals surface area contributed by atoms with Crippen LogP contribution in [0.5, 0.6) is 0 Å². The lowest BCUT2D eigenvalue weighted by Crippen LogP contribution is -2.60. The van der Waals surface area contributed by atoms with Crippen molar-refractivity contribution in [2.45, 2.75) is 17.4 Å². The molecule has 1 atom stereocenters. The Labute approximate surface area is 175 Å². The smallest absolute Gasteiger partial charge is 0.243 e. The monoisotopic (exact) mass is 435 g/mol. The van der Waals surface area contributed by atoms with Crippen LogP contribution in [0.1, 0.15) is 4.88 Å². The Balaban J connectivity index is 1.64. The number of likely N-dealkylation sites (N-methyl/N-ethyl adjacent to an activating group) is 1. The second kappa shape index (κ2) is 9.51. The van der Waals surface area contributed by atoms with Gasteiger partial charge in [0.25, 0.3) is 0 Å². The van der Waals surface area contributed by atoms with Crippen LogP contribution in [-0.2, 0) is 25.8 Å². The van der Waals surface area contributed by atoms with E-state index in [2.05, 4.69) is 5.32 Å². The van der Waals surface area contributed by atoms with Gasteiger partial charge in [0.2, 0.25) is 11.8 Å². The van der Waals surface area contributed by atoms with Gasteiger partial charge in [-0.05, 0) is 23.6 Å². The molecule has 2 heterocycles. The lowest BCUT2D eigenvalue weighted by Gasteiger charge is -2.40. The summed E-state index contributed by atoms with van der Waals surface area (Å²) < 4.78 is 25.1. The maximum absolute atomic E-state index is 12.7. The highest BCUT2D eigenvalue weighted by Crippen LogP contribution is 2.17. The van der Waals surface area contributed by atoms with E-state index in [0.29, 0.717) is 31.1 Å². The Morgan fingerprint density at radius 2 is 1.90 bits per heavy atom. The van der Waals surface area contributed by atoms with Crippen LogP contribution in [0.4, 0.5) is 0 Å². The van der Waals surface area contributed by atoms with Gasteiger partial charge in [0, 0.05) is 38.1 Å². The van der Waals surface area contributed by atoms with E-state index in [1.54, 1.807) is 42.3 Å². The third kappa shape index (κ3) is 5.43. The summed E-state index contributed by atoms with van der Waals surface area (Å²) in [5.41, 5.74) is 0. The first kappa shape index (κ1) is 21.5. The summed E-state index contributed by atoms with van der Waals surface area (Å²) in [6.07, 6.45) is 0.271. The Morgan fingerprint density at radius 1 is 1.14 bits per heavy atom. The zero-order valence-electron chi connectivity index (χ0n) is 16.3. The van der Waals surface area contributed by atoms with E-state index < -0.39 is 15.9 Å². The predicted octanol–water partition coefficient (Wildman–Crippen LogP) is 1.02. The third-order valence-corrected chi connectivity index (χ3v) is 7.60. The molecule has 7 nitrogen and oxygen atoms in total. The lowest BCUT2D eigenvalue weighted by molar-refractivity contribution is -0.143. The number of amides is 2. The number of carbonyl (C=O) groups is 2. The summed E-state index contributed by atoms with van der Waals surface area (Å²) in [4.78, 5) is 30.0. The third-order valence-electron chi connectivity index (χ3n) is 5.02. The minimum atomic E-state index is -3.39. The van der Waals surface area contributed by atoms with Crippen molar-refractivity contribution in [1.82, 2.24) is 15.1 Å². The number of rotatable bonds is 7. The molecule has 1 saturated heterocycles. The quantitative estimate of drug-likeness (QED) is 0.702. The zero-order chi connectivity index (χ0) is 20.9. The molecule has 156 valence electrons. The molecule has 0 spiro atoms. The Morgan fingerprint density at radius 3 is 2.55 bits per heavy atom. The number of sulfone groups is 1. The van der Waals surface area contributed by atoms with Gasteiger partial charge in [-0.1, -0.05) is 24.3 Å². The van der Waals surface area contributed by atoms with E-state index in [1.165, 1.54) is 11.3 Å². The molecule has 29 heavy (non-hydrogen) atoms. The molecule has 1 aromatic heterocycles. The van der Waals surface area contributed by atoms with Gasteiger partial charge in [-0.2, -0.15) is 0 Å². The molecule has 0 saturated carbocycles. The molecule has 1 N–H and O–H groups in total. The van der Waals surface area contributed by atoms with Crippen LogP contribution in [0.15, 0.2) is 52.7 Å². The van der Waals surface area contributed by atoms with Gasteiger partial charge in [0.1, 0.15) is 6.04 Å². The summed E-state index contributed by atoms with van der Waals surface area (Å²) in [5.74, 6) is -0.349. The van der Waals surface area contributed by atoms with Gasteiger partial charge in [0.05, 0.1) is 17.1 Å². The number of nitrogens with zero attached hydrogens (tertiary/aromatic N) is 2. The summed E-state index contributed by atoms with van der Waals surface area (Å²) in [6, 6.07) is 11.5. The van der Waals surface area contributed by atoms with Gasteiger partial charge in [-0.15, -0.1) is 11.3 Å². The number of hydrogen-bond donors (Lipinski definition) is 1. The fourth-order valence-corrected chi connectivity index (χ4v) is 5.39. The molecule has 1 aliphatic rings. The van der Waals surface area contributed by atoms with E-state index >= 15 is 0 Å². The Hall–Kier alpha value is -2.23. The van der Waals surface area contributed by atoms with E-state index in [-0.39, 0.29) is 24.0 Å². The molecule has 0 bridgehead atoms. The largest absolute Gasteiger partial charge is 0.357 e. The molecule has 0 aliphatic carbocycles.